The highest BCUT2D eigenvalue weighted by atomic mass is 31.2. The number of hydrogen-bond acceptors (Lipinski definition) is 5. The summed E-state index contributed by atoms with van der Waals surface area (Å²) in [5, 5.41) is 0. The van der Waals surface area contributed by atoms with Crippen molar-refractivity contribution in [2.45, 2.75) is 237 Å². The molecular formula is C40H79O5P. The zero-order chi connectivity index (χ0) is 32.9. The minimum atomic E-state index is -1.95. The van der Waals surface area contributed by atoms with E-state index in [4.69, 9.17) is 18.5 Å². The Morgan fingerprint density at radius 3 is 1.11 bits per heavy atom. The molecule has 2 aliphatic rings. The van der Waals surface area contributed by atoms with Crippen LogP contribution >= 0.6 is 8.60 Å². The van der Waals surface area contributed by atoms with Gasteiger partial charge >= 0.3 is 8.60 Å². The highest BCUT2D eigenvalue weighted by Gasteiger charge is 2.63. The summed E-state index contributed by atoms with van der Waals surface area (Å²) in [6.45, 7) is 6.57. The second-order valence-corrected chi connectivity index (χ2v) is 15.7. The first kappa shape index (κ1) is 42.4. The van der Waals surface area contributed by atoms with Crippen molar-refractivity contribution in [1.29, 1.82) is 0 Å². The van der Waals surface area contributed by atoms with Gasteiger partial charge in [-0.15, -0.1) is 0 Å². The van der Waals surface area contributed by atoms with E-state index < -0.39 is 20.0 Å². The van der Waals surface area contributed by atoms with E-state index in [2.05, 4.69) is 13.8 Å². The Hall–Kier alpha value is 0.230. The lowest BCUT2D eigenvalue weighted by Crippen LogP contribution is -2.68. The van der Waals surface area contributed by atoms with Crippen LogP contribution in [0.5, 0.6) is 0 Å². The molecule has 0 spiro atoms. The normalized spacial score (nSPS) is 21.7. The van der Waals surface area contributed by atoms with E-state index in [1.807, 2.05) is 0 Å². The van der Waals surface area contributed by atoms with Crippen LogP contribution in [-0.2, 0) is 18.5 Å². The maximum absolute atomic E-state index is 10.6. The van der Waals surface area contributed by atoms with Gasteiger partial charge in [0.1, 0.15) is 5.60 Å². The zero-order valence-corrected chi connectivity index (χ0v) is 31.9. The first-order valence-electron chi connectivity index (χ1n) is 20.8. The summed E-state index contributed by atoms with van der Waals surface area (Å²) in [6, 6.07) is 0. The third-order valence-electron chi connectivity index (χ3n) is 10.7. The van der Waals surface area contributed by atoms with E-state index in [9.17, 15) is 4.89 Å². The molecule has 3 atom stereocenters. The first-order valence-corrected chi connectivity index (χ1v) is 21.9. The molecule has 2 rings (SSSR count). The Kier molecular flexibility index (Phi) is 26.7. The standard InChI is InChI=1S/C40H79O5P/c1-3-5-7-9-11-13-15-17-19-20-22-24-26-28-30-32-36-44-46(41)45-40(35-38-43-40)39(34-37-42-39)33-31-29-27-25-23-21-18-16-14-12-10-8-6-4-2/h41H,3-38H2,1-2H3. The fourth-order valence-corrected chi connectivity index (χ4v) is 8.29. The molecule has 5 nitrogen and oxygen atoms in total. The van der Waals surface area contributed by atoms with Crippen LogP contribution in [0.15, 0.2) is 0 Å². The zero-order valence-electron chi connectivity index (χ0n) is 31.0. The molecule has 0 radical (unpaired) electrons. The molecule has 3 unspecified atom stereocenters. The van der Waals surface area contributed by atoms with Crippen molar-refractivity contribution in [3.8, 4) is 0 Å². The average molecular weight is 671 g/mol. The van der Waals surface area contributed by atoms with Crippen molar-refractivity contribution in [3.63, 3.8) is 0 Å². The van der Waals surface area contributed by atoms with Crippen molar-refractivity contribution < 1.29 is 23.4 Å². The lowest BCUT2D eigenvalue weighted by atomic mass is 9.77. The van der Waals surface area contributed by atoms with Crippen LogP contribution in [0.1, 0.15) is 226 Å². The molecule has 6 heteroatoms. The molecule has 2 aliphatic heterocycles. The van der Waals surface area contributed by atoms with Gasteiger partial charge in [0.2, 0.25) is 5.79 Å². The maximum Gasteiger partial charge on any atom is 0.332 e. The molecule has 0 aromatic rings. The fourth-order valence-electron chi connectivity index (χ4n) is 7.39. The highest BCUT2D eigenvalue weighted by Crippen LogP contribution is 2.55. The van der Waals surface area contributed by atoms with Gasteiger partial charge in [0.25, 0.3) is 0 Å². The summed E-state index contributed by atoms with van der Waals surface area (Å²) in [5.41, 5.74) is -0.400. The second-order valence-electron chi connectivity index (χ2n) is 14.8. The molecule has 1 N–H and O–H groups in total. The summed E-state index contributed by atoms with van der Waals surface area (Å²) in [4.78, 5) is 10.6. The Morgan fingerprint density at radius 1 is 0.478 bits per heavy atom. The van der Waals surface area contributed by atoms with Crippen LogP contribution in [0.4, 0.5) is 0 Å². The largest absolute Gasteiger partial charge is 0.369 e. The van der Waals surface area contributed by atoms with Gasteiger partial charge in [0, 0.05) is 12.8 Å². The van der Waals surface area contributed by atoms with Gasteiger partial charge in [-0.05, 0) is 12.8 Å². The molecule has 274 valence electrons. The molecule has 2 saturated heterocycles. The van der Waals surface area contributed by atoms with E-state index >= 15 is 0 Å². The topological polar surface area (TPSA) is 57.2 Å². The molecular weight excluding hydrogens is 591 g/mol. The number of ether oxygens (including phenoxy) is 2. The monoisotopic (exact) mass is 671 g/mol. The summed E-state index contributed by atoms with van der Waals surface area (Å²) in [6.07, 6.45) is 43.4. The highest BCUT2D eigenvalue weighted by molar-refractivity contribution is 7.40. The minimum absolute atomic E-state index is 0.400. The molecule has 2 heterocycles. The molecule has 0 amide bonds. The second kappa shape index (κ2) is 29.0. The predicted molar refractivity (Wildman–Crippen MR) is 197 cm³/mol. The third kappa shape index (κ3) is 18.8. The molecule has 0 aliphatic carbocycles. The van der Waals surface area contributed by atoms with Gasteiger partial charge in [0.05, 0.1) is 19.8 Å². The van der Waals surface area contributed by atoms with Crippen molar-refractivity contribution in [3.05, 3.63) is 0 Å². The van der Waals surface area contributed by atoms with Gasteiger partial charge < -0.3 is 18.9 Å². The van der Waals surface area contributed by atoms with Crippen LogP contribution in [0.2, 0.25) is 0 Å². The number of hydrogen-bond donors (Lipinski definition) is 1. The number of unbranched alkanes of at least 4 members (excludes halogenated alkanes) is 28. The van der Waals surface area contributed by atoms with Crippen molar-refractivity contribution in [2.24, 2.45) is 0 Å². The number of rotatable bonds is 36. The Balaban J connectivity index is 1.42. The predicted octanol–water partition coefficient (Wildman–Crippen LogP) is 13.6. The van der Waals surface area contributed by atoms with Crippen LogP contribution in [0, 0.1) is 0 Å². The average Bonchev–Trinajstić information content (AvgIpc) is 3.02. The van der Waals surface area contributed by atoms with Crippen molar-refractivity contribution in [2.75, 3.05) is 19.8 Å². The minimum Gasteiger partial charge on any atom is -0.369 e. The smallest absolute Gasteiger partial charge is 0.332 e. The molecule has 2 fully saturated rings. The Labute approximate surface area is 288 Å². The SMILES string of the molecule is CCCCCCCCCCCCCCCCCCOP(O)OC1(C2(CCCCCCCCCCCCCCCC)CCO2)CCO1. The van der Waals surface area contributed by atoms with Crippen molar-refractivity contribution >= 4 is 8.60 Å². The molecule has 46 heavy (non-hydrogen) atoms. The van der Waals surface area contributed by atoms with Crippen LogP contribution in [-0.4, -0.2) is 36.1 Å². The molecule has 0 bridgehead atoms. The lowest BCUT2D eigenvalue weighted by Gasteiger charge is -2.58. The third-order valence-corrected chi connectivity index (χ3v) is 11.6. The first-order chi connectivity index (χ1) is 22.7. The summed E-state index contributed by atoms with van der Waals surface area (Å²) < 4.78 is 24.1. The van der Waals surface area contributed by atoms with E-state index in [1.54, 1.807) is 0 Å². The van der Waals surface area contributed by atoms with Gasteiger partial charge in [-0.2, -0.15) is 0 Å². The lowest BCUT2D eigenvalue weighted by molar-refractivity contribution is -0.389. The fraction of sp³-hybridized carbons (Fsp3) is 1.00. The van der Waals surface area contributed by atoms with Crippen LogP contribution in [0.25, 0.3) is 0 Å². The van der Waals surface area contributed by atoms with Gasteiger partial charge in [-0.25, -0.2) is 0 Å². The van der Waals surface area contributed by atoms with E-state index in [0.717, 1.165) is 45.1 Å². The van der Waals surface area contributed by atoms with Gasteiger partial charge in [-0.3, -0.25) is 4.52 Å². The van der Waals surface area contributed by atoms with E-state index in [1.165, 1.54) is 173 Å². The van der Waals surface area contributed by atoms with Gasteiger partial charge in [-0.1, -0.05) is 200 Å². The summed E-state index contributed by atoms with van der Waals surface area (Å²) >= 11 is 0. The molecule has 0 saturated carbocycles. The van der Waals surface area contributed by atoms with E-state index in [0.29, 0.717) is 13.2 Å². The maximum atomic E-state index is 10.6. The summed E-state index contributed by atoms with van der Waals surface area (Å²) in [7, 11) is -1.95. The Morgan fingerprint density at radius 2 is 0.804 bits per heavy atom. The van der Waals surface area contributed by atoms with E-state index in [-0.39, 0.29) is 0 Å². The van der Waals surface area contributed by atoms with Crippen LogP contribution < -0.4 is 0 Å². The molecule has 0 aromatic heterocycles. The quantitative estimate of drug-likeness (QED) is 0.0531. The molecule has 0 aromatic carbocycles. The Bertz CT molecular complexity index is 654. The summed E-state index contributed by atoms with van der Waals surface area (Å²) in [5.74, 6) is -0.809. The van der Waals surface area contributed by atoms with Gasteiger partial charge in [0.15, 0.2) is 0 Å². The van der Waals surface area contributed by atoms with Crippen molar-refractivity contribution in [1.82, 2.24) is 0 Å². The van der Waals surface area contributed by atoms with Crippen LogP contribution in [0.3, 0.4) is 0 Å².